The van der Waals surface area contributed by atoms with E-state index in [-0.39, 0.29) is 0 Å². The molecule has 0 unspecified atom stereocenters. The minimum absolute atomic E-state index is 0.451. The predicted molar refractivity (Wildman–Crippen MR) is 62.4 cm³/mol. The Labute approximate surface area is 97.3 Å². The van der Waals surface area contributed by atoms with Crippen molar-refractivity contribution in [1.82, 2.24) is 14.6 Å². The van der Waals surface area contributed by atoms with Crippen LogP contribution in [0.1, 0.15) is 12.1 Å². The number of halogens is 2. The number of fused-ring (bicyclic) bond motifs is 1. The van der Waals surface area contributed by atoms with Crippen LogP contribution in [0.2, 0.25) is 5.15 Å². The second kappa shape index (κ2) is 4.64. The first-order valence-corrected chi connectivity index (χ1v) is 5.45. The maximum Gasteiger partial charge on any atom is 0.154 e. The number of hydrogen-bond acceptors (Lipinski definition) is 2. The maximum absolute atomic E-state index is 5.80. The number of nitrogens with zero attached hydrogens (tertiary/aromatic N) is 3. The van der Waals surface area contributed by atoms with Crippen LogP contribution >= 0.6 is 23.2 Å². The quantitative estimate of drug-likeness (QED) is 0.774. The highest BCUT2D eigenvalue weighted by molar-refractivity contribution is 6.29. The topological polar surface area (TPSA) is 30.2 Å². The SMILES string of the molecule is ClCCC=Cc1cnc2ccc(Cl)nn12. The maximum atomic E-state index is 5.80. The molecule has 0 aliphatic rings. The molecule has 0 bridgehead atoms. The van der Waals surface area contributed by atoms with E-state index in [1.165, 1.54) is 0 Å². The molecule has 0 spiro atoms. The lowest BCUT2D eigenvalue weighted by atomic mass is 10.3. The normalized spacial score (nSPS) is 11.6. The third kappa shape index (κ3) is 2.30. The van der Waals surface area contributed by atoms with Gasteiger partial charge < -0.3 is 0 Å². The van der Waals surface area contributed by atoms with E-state index < -0.39 is 0 Å². The second-order valence-electron chi connectivity index (χ2n) is 2.99. The van der Waals surface area contributed by atoms with Crippen molar-refractivity contribution in [2.45, 2.75) is 6.42 Å². The Morgan fingerprint density at radius 3 is 3.07 bits per heavy atom. The molecule has 0 aliphatic heterocycles. The van der Waals surface area contributed by atoms with Crippen molar-refractivity contribution in [1.29, 1.82) is 0 Å². The molecule has 0 atom stereocenters. The summed E-state index contributed by atoms with van der Waals surface area (Å²) in [5, 5.41) is 4.60. The van der Waals surface area contributed by atoms with Crippen LogP contribution in [0.5, 0.6) is 0 Å². The van der Waals surface area contributed by atoms with Gasteiger partial charge in [-0.2, -0.15) is 5.10 Å². The van der Waals surface area contributed by atoms with Gasteiger partial charge >= 0.3 is 0 Å². The fourth-order valence-electron chi connectivity index (χ4n) is 1.25. The van der Waals surface area contributed by atoms with E-state index in [4.69, 9.17) is 23.2 Å². The first-order valence-electron chi connectivity index (χ1n) is 4.54. The molecule has 2 heterocycles. The average molecular weight is 242 g/mol. The smallest absolute Gasteiger partial charge is 0.154 e. The molecular formula is C10H9Cl2N3. The Morgan fingerprint density at radius 2 is 2.27 bits per heavy atom. The van der Waals surface area contributed by atoms with Gasteiger partial charge in [0.05, 0.1) is 11.9 Å². The van der Waals surface area contributed by atoms with Crippen molar-refractivity contribution in [2.75, 3.05) is 5.88 Å². The largest absolute Gasteiger partial charge is 0.235 e. The van der Waals surface area contributed by atoms with Crippen LogP contribution in [0.25, 0.3) is 11.7 Å². The van der Waals surface area contributed by atoms with Crippen molar-refractivity contribution in [3.05, 3.63) is 35.3 Å². The van der Waals surface area contributed by atoms with Gasteiger partial charge in [0.2, 0.25) is 0 Å². The molecule has 0 N–H and O–H groups in total. The molecule has 2 rings (SSSR count). The highest BCUT2D eigenvalue weighted by Crippen LogP contribution is 2.10. The molecule has 78 valence electrons. The Bertz CT molecular complexity index is 490. The Morgan fingerprint density at radius 1 is 1.40 bits per heavy atom. The Hall–Kier alpha value is -1.06. The minimum atomic E-state index is 0.451. The minimum Gasteiger partial charge on any atom is -0.235 e. The van der Waals surface area contributed by atoms with Crippen molar-refractivity contribution in [2.24, 2.45) is 0 Å². The number of rotatable bonds is 3. The van der Waals surface area contributed by atoms with E-state index in [0.717, 1.165) is 17.8 Å². The number of imidazole rings is 1. The molecule has 3 nitrogen and oxygen atoms in total. The molecule has 15 heavy (non-hydrogen) atoms. The number of hydrogen-bond donors (Lipinski definition) is 0. The lowest BCUT2D eigenvalue weighted by Gasteiger charge is -1.95. The van der Waals surface area contributed by atoms with Crippen molar-refractivity contribution < 1.29 is 0 Å². The highest BCUT2D eigenvalue weighted by atomic mass is 35.5. The first kappa shape index (κ1) is 10.5. The second-order valence-corrected chi connectivity index (χ2v) is 3.75. The number of alkyl halides is 1. The molecule has 2 aromatic heterocycles. The summed E-state index contributed by atoms with van der Waals surface area (Å²) in [6.07, 6.45) is 6.50. The van der Waals surface area contributed by atoms with E-state index in [2.05, 4.69) is 10.1 Å². The van der Waals surface area contributed by atoms with Crippen molar-refractivity contribution in [3.63, 3.8) is 0 Å². The standard InChI is InChI=1S/C10H9Cl2N3/c11-6-2-1-3-8-7-13-10-5-4-9(12)14-15(8)10/h1,3-5,7H,2,6H2. The van der Waals surface area contributed by atoms with Crippen LogP contribution < -0.4 is 0 Å². The zero-order valence-electron chi connectivity index (χ0n) is 7.90. The number of aromatic nitrogens is 3. The zero-order valence-corrected chi connectivity index (χ0v) is 9.41. The first-order chi connectivity index (χ1) is 7.31. The van der Waals surface area contributed by atoms with Crippen LogP contribution in [-0.2, 0) is 0 Å². The Balaban J connectivity index is 2.39. The van der Waals surface area contributed by atoms with Crippen LogP contribution in [0.15, 0.2) is 24.4 Å². The van der Waals surface area contributed by atoms with Crippen LogP contribution in [0, 0.1) is 0 Å². The molecule has 5 heteroatoms. The summed E-state index contributed by atoms with van der Waals surface area (Å²) >= 11 is 11.4. The average Bonchev–Trinajstić information content (AvgIpc) is 2.62. The molecule has 0 fully saturated rings. The molecule has 0 saturated carbocycles. The van der Waals surface area contributed by atoms with Gasteiger partial charge in [0.1, 0.15) is 5.15 Å². The van der Waals surface area contributed by atoms with Gasteiger partial charge in [-0.25, -0.2) is 9.50 Å². The molecule has 0 aliphatic carbocycles. The van der Waals surface area contributed by atoms with Crippen LogP contribution in [0.4, 0.5) is 0 Å². The lowest BCUT2D eigenvalue weighted by Crippen LogP contribution is -1.93. The summed E-state index contributed by atoms with van der Waals surface area (Å²) in [5.41, 5.74) is 1.68. The summed E-state index contributed by atoms with van der Waals surface area (Å²) in [4.78, 5) is 4.20. The van der Waals surface area contributed by atoms with Gasteiger partial charge in [-0.05, 0) is 24.6 Å². The molecule has 2 aromatic rings. The van der Waals surface area contributed by atoms with E-state index in [9.17, 15) is 0 Å². The zero-order chi connectivity index (χ0) is 10.7. The summed E-state index contributed by atoms with van der Waals surface area (Å²) in [5.74, 6) is 0.613. The van der Waals surface area contributed by atoms with Crippen LogP contribution in [-0.4, -0.2) is 20.5 Å². The van der Waals surface area contributed by atoms with Gasteiger partial charge in [-0.3, -0.25) is 0 Å². The van der Waals surface area contributed by atoms with Gasteiger partial charge in [-0.1, -0.05) is 17.7 Å². The predicted octanol–water partition coefficient (Wildman–Crippen LogP) is 3.02. The van der Waals surface area contributed by atoms with E-state index in [1.807, 2.05) is 18.2 Å². The van der Waals surface area contributed by atoms with Gasteiger partial charge in [0.15, 0.2) is 5.65 Å². The van der Waals surface area contributed by atoms with Gasteiger partial charge in [0, 0.05) is 5.88 Å². The fourth-order valence-corrected chi connectivity index (χ4v) is 1.51. The summed E-state index contributed by atoms with van der Waals surface area (Å²) in [7, 11) is 0. The highest BCUT2D eigenvalue weighted by Gasteiger charge is 2.01. The monoisotopic (exact) mass is 241 g/mol. The third-order valence-electron chi connectivity index (χ3n) is 1.92. The van der Waals surface area contributed by atoms with Crippen LogP contribution in [0.3, 0.4) is 0 Å². The fraction of sp³-hybridized carbons (Fsp3) is 0.200. The summed E-state index contributed by atoms with van der Waals surface area (Å²) < 4.78 is 1.70. The van der Waals surface area contributed by atoms with E-state index in [0.29, 0.717) is 11.0 Å². The summed E-state index contributed by atoms with van der Waals surface area (Å²) in [6.45, 7) is 0. The van der Waals surface area contributed by atoms with E-state index >= 15 is 0 Å². The van der Waals surface area contributed by atoms with Crippen molar-refractivity contribution in [3.8, 4) is 0 Å². The summed E-state index contributed by atoms with van der Waals surface area (Å²) in [6, 6.07) is 3.55. The molecule has 0 saturated heterocycles. The van der Waals surface area contributed by atoms with Crippen molar-refractivity contribution >= 4 is 34.9 Å². The third-order valence-corrected chi connectivity index (χ3v) is 2.34. The van der Waals surface area contributed by atoms with E-state index in [1.54, 1.807) is 16.8 Å². The molecule has 0 radical (unpaired) electrons. The van der Waals surface area contributed by atoms with Gasteiger partial charge in [-0.15, -0.1) is 11.6 Å². The number of allylic oxidation sites excluding steroid dienone is 1. The lowest BCUT2D eigenvalue weighted by molar-refractivity contribution is 0.926. The molecular weight excluding hydrogens is 233 g/mol. The molecule has 0 aromatic carbocycles. The van der Waals surface area contributed by atoms with Gasteiger partial charge in [0.25, 0.3) is 0 Å². The Kier molecular flexibility index (Phi) is 3.23. The molecule has 0 amide bonds.